The first-order chi connectivity index (χ1) is 14.7. The molecule has 3 aliphatic rings. The number of nitrogens with zero attached hydrogens (tertiary/aromatic N) is 2. The molecular weight excluding hydrogens is 378 g/mol. The van der Waals surface area contributed by atoms with Crippen molar-refractivity contribution in [1.29, 1.82) is 0 Å². The largest absolute Gasteiger partial charge is 0.353 e. The minimum Gasteiger partial charge on any atom is -0.353 e. The van der Waals surface area contributed by atoms with E-state index >= 15 is 0 Å². The Kier molecular flexibility index (Phi) is 7.33. The molecule has 30 heavy (non-hydrogen) atoms. The molecule has 2 aliphatic heterocycles. The van der Waals surface area contributed by atoms with E-state index in [9.17, 15) is 9.59 Å². The molecule has 2 amide bonds. The third-order valence-corrected chi connectivity index (χ3v) is 6.84. The quantitative estimate of drug-likeness (QED) is 0.706. The van der Waals surface area contributed by atoms with Crippen molar-refractivity contribution in [3.63, 3.8) is 0 Å². The Morgan fingerprint density at radius 2 is 1.83 bits per heavy atom. The van der Waals surface area contributed by atoms with Crippen molar-refractivity contribution in [3.8, 4) is 0 Å². The van der Waals surface area contributed by atoms with Crippen molar-refractivity contribution in [1.82, 2.24) is 26.1 Å². The van der Waals surface area contributed by atoms with E-state index in [1.165, 1.54) is 32.1 Å². The molecule has 1 aromatic heterocycles. The molecule has 7 nitrogen and oxygen atoms in total. The van der Waals surface area contributed by atoms with Crippen LogP contribution in [0.1, 0.15) is 75.8 Å². The van der Waals surface area contributed by atoms with Crippen LogP contribution in [-0.4, -0.2) is 46.9 Å². The molecule has 3 fully saturated rings. The van der Waals surface area contributed by atoms with Crippen LogP contribution in [0, 0.1) is 5.92 Å². The average Bonchev–Trinajstić information content (AvgIpc) is 3.26. The number of aromatic nitrogens is 1. The summed E-state index contributed by atoms with van der Waals surface area (Å²) >= 11 is 0. The number of rotatable bonds is 4. The van der Waals surface area contributed by atoms with E-state index in [-0.39, 0.29) is 29.8 Å². The zero-order valence-electron chi connectivity index (χ0n) is 17.8. The second-order valence-corrected chi connectivity index (χ2v) is 9.09. The topological polar surface area (TPSA) is 86.4 Å². The Balaban J connectivity index is 1.29. The predicted molar refractivity (Wildman–Crippen MR) is 115 cm³/mol. The molecule has 164 valence electrons. The third-order valence-electron chi connectivity index (χ3n) is 6.84. The fourth-order valence-electron chi connectivity index (χ4n) is 5.05. The molecule has 3 heterocycles. The Morgan fingerprint density at radius 3 is 2.60 bits per heavy atom. The standard InChI is InChI=1S/C23H35N5O2/c29-22(25-19-10-4-2-1-3-5-11-19)18-9-7-13-28(16-18)23(30)21-14-20(26-27-21)17-8-6-12-24-15-17/h6,8,12,15,18-21,26-27H,1-5,7,9-11,13-14,16H2,(H,25,29). The molecule has 3 N–H and O–H groups in total. The summed E-state index contributed by atoms with van der Waals surface area (Å²) in [5, 5.41) is 3.30. The first-order valence-electron chi connectivity index (χ1n) is 11.7. The van der Waals surface area contributed by atoms with Gasteiger partial charge < -0.3 is 10.2 Å². The number of carbonyl (C=O) groups excluding carboxylic acids is 2. The maximum absolute atomic E-state index is 13.1. The van der Waals surface area contributed by atoms with Gasteiger partial charge in [-0.25, -0.2) is 10.9 Å². The predicted octanol–water partition coefficient (Wildman–Crippen LogP) is 2.46. The summed E-state index contributed by atoms with van der Waals surface area (Å²) in [4.78, 5) is 32.1. The van der Waals surface area contributed by atoms with Gasteiger partial charge in [-0.2, -0.15) is 0 Å². The fourth-order valence-corrected chi connectivity index (χ4v) is 5.05. The second kappa shape index (κ2) is 10.4. The number of hydrazine groups is 1. The SMILES string of the molecule is O=C(NC1CCCCCCC1)C1CCCN(C(=O)C2CC(c3cccnc3)NN2)C1. The fraction of sp³-hybridized carbons (Fsp3) is 0.696. The number of carbonyl (C=O) groups is 2. The van der Waals surface area contributed by atoms with Crippen molar-refractivity contribution < 1.29 is 9.59 Å². The monoisotopic (exact) mass is 413 g/mol. The first kappa shape index (κ1) is 21.2. The van der Waals surface area contributed by atoms with Crippen molar-refractivity contribution in [2.45, 2.75) is 82.3 Å². The molecule has 0 radical (unpaired) electrons. The van der Waals surface area contributed by atoms with Crippen LogP contribution < -0.4 is 16.2 Å². The molecule has 2 saturated heterocycles. The van der Waals surface area contributed by atoms with Crippen LogP contribution in [0.2, 0.25) is 0 Å². The van der Waals surface area contributed by atoms with E-state index in [4.69, 9.17) is 0 Å². The van der Waals surface area contributed by atoms with E-state index in [0.717, 1.165) is 37.8 Å². The molecule has 3 atom stereocenters. The van der Waals surface area contributed by atoms with E-state index in [0.29, 0.717) is 19.0 Å². The van der Waals surface area contributed by atoms with Crippen LogP contribution in [-0.2, 0) is 9.59 Å². The van der Waals surface area contributed by atoms with E-state index in [2.05, 4.69) is 21.2 Å². The van der Waals surface area contributed by atoms with E-state index in [1.54, 1.807) is 6.20 Å². The molecule has 0 aromatic carbocycles. The highest BCUT2D eigenvalue weighted by molar-refractivity contribution is 5.84. The highest BCUT2D eigenvalue weighted by atomic mass is 16.2. The number of pyridine rings is 1. The lowest BCUT2D eigenvalue weighted by molar-refractivity contribution is -0.137. The molecule has 1 aliphatic carbocycles. The number of likely N-dealkylation sites (tertiary alicyclic amines) is 1. The maximum atomic E-state index is 13.1. The summed E-state index contributed by atoms with van der Waals surface area (Å²) in [6.07, 6.45) is 14.5. The number of amides is 2. The van der Waals surface area contributed by atoms with Gasteiger partial charge >= 0.3 is 0 Å². The summed E-state index contributed by atoms with van der Waals surface area (Å²) in [6, 6.07) is 4.06. The van der Waals surface area contributed by atoms with Gasteiger partial charge in [-0.15, -0.1) is 0 Å². The van der Waals surface area contributed by atoms with Gasteiger partial charge in [-0.1, -0.05) is 38.2 Å². The van der Waals surface area contributed by atoms with Crippen LogP contribution in [0.3, 0.4) is 0 Å². The van der Waals surface area contributed by atoms with Gasteiger partial charge in [-0.3, -0.25) is 14.6 Å². The van der Waals surface area contributed by atoms with Crippen LogP contribution in [0.5, 0.6) is 0 Å². The second-order valence-electron chi connectivity index (χ2n) is 9.09. The molecule has 0 bridgehead atoms. The van der Waals surface area contributed by atoms with Crippen molar-refractivity contribution in [3.05, 3.63) is 30.1 Å². The van der Waals surface area contributed by atoms with Gasteiger partial charge in [0.2, 0.25) is 11.8 Å². The Hall–Kier alpha value is -1.99. The van der Waals surface area contributed by atoms with E-state index < -0.39 is 0 Å². The lowest BCUT2D eigenvalue weighted by Crippen LogP contribution is -2.52. The van der Waals surface area contributed by atoms with Gasteiger partial charge in [0.1, 0.15) is 6.04 Å². The summed E-state index contributed by atoms with van der Waals surface area (Å²) < 4.78 is 0. The molecule has 7 heteroatoms. The highest BCUT2D eigenvalue weighted by Crippen LogP contribution is 2.25. The van der Waals surface area contributed by atoms with Crippen LogP contribution >= 0.6 is 0 Å². The van der Waals surface area contributed by atoms with Gasteiger partial charge in [0.25, 0.3) is 0 Å². The van der Waals surface area contributed by atoms with Gasteiger partial charge in [0.05, 0.1) is 5.92 Å². The number of hydrogen-bond donors (Lipinski definition) is 3. The lowest BCUT2D eigenvalue weighted by atomic mass is 9.93. The smallest absolute Gasteiger partial charge is 0.241 e. The molecular formula is C23H35N5O2. The minimum atomic E-state index is -0.261. The minimum absolute atomic E-state index is 0.0795. The molecule has 1 saturated carbocycles. The Labute approximate surface area is 179 Å². The van der Waals surface area contributed by atoms with Crippen LogP contribution in [0.25, 0.3) is 0 Å². The van der Waals surface area contributed by atoms with Crippen molar-refractivity contribution >= 4 is 11.8 Å². The molecule has 3 unspecified atom stereocenters. The molecule has 0 spiro atoms. The number of hydrogen-bond acceptors (Lipinski definition) is 5. The third kappa shape index (κ3) is 5.38. The van der Waals surface area contributed by atoms with E-state index in [1.807, 2.05) is 23.2 Å². The number of nitrogens with one attached hydrogen (secondary N) is 3. The zero-order chi connectivity index (χ0) is 20.8. The summed E-state index contributed by atoms with van der Waals surface area (Å²) in [5.74, 6) is 0.151. The van der Waals surface area contributed by atoms with Crippen LogP contribution in [0.4, 0.5) is 0 Å². The van der Waals surface area contributed by atoms with Crippen molar-refractivity contribution in [2.75, 3.05) is 13.1 Å². The van der Waals surface area contributed by atoms with Gasteiger partial charge in [0, 0.05) is 37.6 Å². The summed E-state index contributed by atoms with van der Waals surface area (Å²) in [5.41, 5.74) is 7.46. The zero-order valence-corrected chi connectivity index (χ0v) is 17.8. The normalized spacial score (nSPS) is 28.5. The molecule has 4 rings (SSSR count). The lowest BCUT2D eigenvalue weighted by Gasteiger charge is -2.34. The maximum Gasteiger partial charge on any atom is 0.241 e. The first-order valence-corrected chi connectivity index (χ1v) is 11.7. The summed E-state index contributed by atoms with van der Waals surface area (Å²) in [6.45, 7) is 1.27. The van der Waals surface area contributed by atoms with Gasteiger partial charge in [-0.05, 0) is 43.7 Å². The summed E-state index contributed by atoms with van der Waals surface area (Å²) in [7, 11) is 0. The van der Waals surface area contributed by atoms with Crippen LogP contribution in [0.15, 0.2) is 24.5 Å². The molecule has 1 aromatic rings. The Bertz CT molecular complexity index is 705. The average molecular weight is 414 g/mol. The number of piperidine rings is 1. The van der Waals surface area contributed by atoms with Crippen molar-refractivity contribution in [2.24, 2.45) is 5.92 Å². The van der Waals surface area contributed by atoms with Gasteiger partial charge in [0.15, 0.2) is 0 Å². The Morgan fingerprint density at radius 1 is 1.03 bits per heavy atom. The highest BCUT2D eigenvalue weighted by Gasteiger charge is 2.36.